The van der Waals surface area contributed by atoms with Gasteiger partial charge in [-0.2, -0.15) is 0 Å². The molecule has 1 aromatic carbocycles. The van der Waals surface area contributed by atoms with Crippen LogP contribution in [-0.2, 0) is 0 Å². The second kappa shape index (κ2) is 5.20. The minimum absolute atomic E-state index is 0.0617. The van der Waals surface area contributed by atoms with E-state index in [9.17, 15) is 4.79 Å². The first-order valence-electron chi connectivity index (χ1n) is 6.13. The molecule has 0 atom stereocenters. The molecule has 0 aliphatic carbocycles. The molecule has 0 N–H and O–H groups in total. The van der Waals surface area contributed by atoms with E-state index in [4.69, 9.17) is 23.2 Å². The highest BCUT2D eigenvalue weighted by Crippen LogP contribution is 2.29. The van der Waals surface area contributed by atoms with Gasteiger partial charge in [-0.3, -0.25) is 9.69 Å². The second-order valence-electron chi connectivity index (χ2n) is 5.38. The summed E-state index contributed by atoms with van der Waals surface area (Å²) < 4.78 is 0. The number of rotatable bonds is 3. The largest absolute Gasteiger partial charge is 0.293 e. The molecule has 0 spiro atoms. The molecule has 0 aromatic heterocycles. The van der Waals surface area contributed by atoms with Crippen molar-refractivity contribution in [3.63, 3.8) is 0 Å². The SMILES string of the molecule is CC1(C)CCCN1CC(=O)c1ccc(Cl)cc1Cl. The first kappa shape index (κ1) is 13.9. The van der Waals surface area contributed by atoms with Crippen LogP contribution in [0.5, 0.6) is 0 Å². The molecule has 1 aliphatic rings. The number of carbonyl (C=O) groups is 1. The summed E-state index contributed by atoms with van der Waals surface area (Å²) in [6.07, 6.45) is 2.28. The van der Waals surface area contributed by atoms with Crippen LogP contribution in [0.25, 0.3) is 0 Å². The maximum atomic E-state index is 12.3. The summed E-state index contributed by atoms with van der Waals surface area (Å²) in [5, 5.41) is 0.988. The Morgan fingerprint density at radius 2 is 2.11 bits per heavy atom. The summed E-state index contributed by atoms with van der Waals surface area (Å²) in [4.78, 5) is 14.5. The van der Waals surface area contributed by atoms with Crippen LogP contribution in [-0.4, -0.2) is 29.3 Å². The van der Waals surface area contributed by atoms with E-state index >= 15 is 0 Å². The molecule has 1 aliphatic heterocycles. The van der Waals surface area contributed by atoms with E-state index in [0.717, 1.165) is 19.4 Å². The zero-order chi connectivity index (χ0) is 13.3. The van der Waals surface area contributed by atoms with Gasteiger partial charge < -0.3 is 0 Å². The van der Waals surface area contributed by atoms with Gasteiger partial charge in [0.05, 0.1) is 11.6 Å². The van der Waals surface area contributed by atoms with Crippen molar-refractivity contribution in [1.29, 1.82) is 0 Å². The second-order valence-corrected chi connectivity index (χ2v) is 6.23. The number of halogens is 2. The fourth-order valence-corrected chi connectivity index (χ4v) is 2.94. The van der Waals surface area contributed by atoms with Crippen LogP contribution in [0.4, 0.5) is 0 Å². The van der Waals surface area contributed by atoms with Gasteiger partial charge >= 0.3 is 0 Å². The van der Waals surface area contributed by atoms with Gasteiger partial charge in [0.15, 0.2) is 5.78 Å². The number of ketones is 1. The minimum atomic E-state index is 0.0617. The van der Waals surface area contributed by atoms with Gasteiger partial charge in [-0.25, -0.2) is 0 Å². The van der Waals surface area contributed by atoms with Crippen molar-refractivity contribution in [3.8, 4) is 0 Å². The number of hydrogen-bond donors (Lipinski definition) is 0. The van der Waals surface area contributed by atoms with Crippen molar-refractivity contribution >= 4 is 29.0 Å². The number of benzene rings is 1. The number of likely N-dealkylation sites (tertiary alicyclic amines) is 1. The zero-order valence-corrected chi connectivity index (χ0v) is 12.2. The molecule has 1 fully saturated rings. The summed E-state index contributed by atoms with van der Waals surface area (Å²) in [6, 6.07) is 5.03. The van der Waals surface area contributed by atoms with E-state index in [1.54, 1.807) is 18.2 Å². The van der Waals surface area contributed by atoms with E-state index < -0.39 is 0 Å². The monoisotopic (exact) mass is 285 g/mol. The molecule has 0 amide bonds. The van der Waals surface area contributed by atoms with Crippen LogP contribution in [0.1, 0.15) is 37.0 Å². The van der Waals surface area contributed by atoms with Gasteiger partial charge in [-0.1, -0.05) is 23.2 Å². The van der Waals surface area contributed by atoms with Gasteiger partial charge in [-0.05, 0) is 51.4 Å². The molecule has 1 aromatic rings. The van der Waals surface area contributed by atoms with Crippen LogP contribution in [0, 0.1) is 0 Å². The number of nitrogens with zero attached hydrogens (tertiary/aromatic N) is 1. The van der Waals surface area contributed by atoms with Crippen LogP contribution < -0.4 is 0 Å². The molecule has 1 heterocycles. The number of Topliss-reactive ketones (excluding diaryl/α,β-unsaturated/α-hetero) is 1. The van der Waals surface area contributed by atoms with E-state index in [0.29, 0.717) is 22.2 Å². The molecule has 0 bridgehead atoms. The van der Waals surface area contributed by atoms with Crippen molar-refractivity contribution in [2.24, 2.45) is 0 Å². The third-order valence-electron chi connectivity index (χ3n) is 3.64. The van der Waals surface area contributed by atoms with Crippen LogP contribution in [0.3, 0.4) is 0 Å². The molecule has 18 heavy (non-hydrogen) atoms. The van der Waals surface area contributed by atoms with Gasteiger partial charge in [0.1, 0.15) is 0 Å². The van der Waals surface area contributed by atoms with Crippen LogP contribution in [0.2, 0.25) is 10.0 Å². The molecular weight excluding hydrogens is 269 g/mol. The fourth-order valence-electron chi connectivity index (χ4n) is 2.43. The summed E-state index contributed by atoms with van der Waals surface area (Å²) in [5.74, 6) is 0.0617. The standard InChI is InChI=1S/C14H17Cl2NO/c1-14(2)6-3-7-17(14)9-13(18)11-5-4-10(15)8-12(11)16/h4-5,8H,3,6-7,9H2,1-2H3. The predicted octanol–water partition coefficient (Wildman–Crippen LogP) is 4.05. The highest BCUT2D eigenvalue weighted by atomic mass is 35.5. The Kier molecular flexibility index (Phi) is 4.00. The lowest BCUT2D eigenvalue weighted by Crippen LogP contribution is -2.41. The van der Waals surface area contributed by atoms with Crippen LogP contribution in [0.15, 0.2) is 18.2 Å². The Bertz CT molecular complexity index is 471. The molecule has 2 nitrogen and oxygen atoms in total. The van der Waals surface area contributed by atoms with Crippen molar-refractivity contribution in [2.75, 3.05) is 13.1 Å². The van der Waals surface area contributed by atoms with Crippen molar-refractivity contribution < 1.29 is 4.79 Å². The normalized spacial score (nSPS) is 19.1. The Hall–Kier alpha value is -0.570. The lowest BCUT2D eigenvalue weighted by molar-refractivity contribution is 0.0871. The average Bonchev–Trinajstić information content (AvgIpc) is 2.58. The van der Waals surface area contributed by atoms with Crippen molar-refractivity contribution in [3.05, 3.63) is 33.8 Å². The predicted molar refractivity (Wildman–Crippen MR) is 75.7 cm³/mol. The Morgan fingerprint density at radius 3 is 2.67 bits per heavy atom. The van der Waals surface area contributed by atoms with Gasteiger partial charge in [0.2, 0.25) is 0 Å². The molecule has 0 radical (unpaired) electrons. The van der Waals surface area contributed by atoms with Gasteiger partial charge in [0.25, 0.3) is 0 Å². The van der Waals surface area contributed by atoms with E-state index in [1.165, 1.54) is 0 Å². The highest BCUT2D eigenvalue weighted by Gasteiger charge is 2.33. The first-order chi connectivity index (χ1) is 8.40. The van der Waals surface area contributed by atoms with Crippen LogP contribution >= 0.6 is 23.2 Å². The molecule has 4 heteroatoms. The third-order valence-corrected chi connectivity index (χ3v) is 4.19. The molecule has 0 unspecified atom stereocenters. The smallest absolute Gasteiger partial charge is 0.178 e. The highest BCUT2D eigenvalue weighted by molar-refractivity contribution is 6.36. The average molecular weight is 286 g/mol. The minimum Gasteiger partial charge on any atom is -0.293 e. The Balaban J connectivity index is 2.13. The van der Waals surface area contributed by atoms with Gasteiger partial charge in [-0.15, -0.1) is 0 Å². The molecule has 2 rings (SSSR count). The quantitative estimate of drug-likeness (QED) is 0.781. The Labute approximate surface area is 118 Å². The van der Waals surface area contributed by atoms with Crippen molar-refractivity contribution in [2.45, 2.75) is 32.2 Å². The summed E-state index contributed by atoms with van der Waals surface area (Å²) in [7, 11) is 0. The molecular formula is C14H17Cl2NO. The lowest BCUT2D eigenvalue weighted by Gasteiger charge is -2.30. The van der Waals surface area contributed by atoms with E-state index in [2.05, 4.69) is 18.7 Å². The summed E-state index contributed by atoms with van der Waals surface area (Å²) in [5.41, 5.74) is 0.665. The number of carbonyl (C=O) groups excluding carboxylic acids is 1. The summed E-state index contributed by atoms with van der Waals surface area (Å²) >= 11 is 11.9. The number of hydrogen-bond acceptors (Lipinski definition) is 2. The lowest BCUT2D eigenvalue weighted by atomic mass is 10.0. The topological polar surface area (TPSA) is 20.3 Å². The maximum Gasteiger partial charge on any atom is 0.178 e. The third kappa shape index (κ3) is 2.87. The van der Waals surface area contributed by atoms with Crippen molar-refractivity contribution in [1.82, 2.24) is 4.90 Å². The van der Waals surface area contributed by atoms with E-state index in [1.807, 2.05) is 0 Å². The zero-order valence-electron chi connectivity index (χ0n) is 10.7. The first-order valence-corrected chi connectivity index (χ1v) is 6.89. The van der Waals surface area contributed by atoms with Gasteiger partial charge in [0, 0.05) is 16.1 Å². The summed E-state index contributed by atoms with van der Waals surface area (Å²) in [6.45, 7) is 5.76. The molecule has 1 saturated heterocycles. The molecule has 98 valence electrons. The van der Waals surface area contributed by atoms with E-state index in [-0.39, 0.29) is 11.3 Å². The Morgan fingerprint density at radius 1 is 1.39 bits per heavy atom. The maximum absolute atomic E-state index is 12.3. The molecule has 0 saturated carbocycles. The fraction of sp³-hybridized carbons (Fsp3) is 0.500.